The first kappa shape index (κ1) is 11.6. The van der Waals surface area contributed by atoms with E-state index in [2.05, 4.69) is 20.4 Å². The molecular formula is C13H15N5O. The van der Waals surface area contributed by atoms with E-state index in [0.29, 0.717) is 6.61 Å². The molecule has 0 amide bonds. The van der Waals surface area contributed by atoms with Crippen molar-refractivity contribution >= 4 is 5.84 Å². The summed E-state index contributed by atoms with van der Waals surface area (Å²) in [6.45, 7) is 1.18. The minimum atomic E-state index is 0.450. The molecule has 1 aromatic carbocycles. The third kappa shape index (κ3) is 2.67. The number of hydrogen-bond donors (Lipinski definition) is 2. The van der Waals surface area contributed by atoms with Crippen LogP contribution in [0.5, 0.6) is 5.75 Å². The van der Waals surface area contributed by atoms with Crippen LogP contribution >= 0.6 is 0 Å². The number of imidazole rings is 1. The van der Waals surface area contributed by atoms with Crippen LogP contribution in [0.3, 0.4) is 0 Å². The number of nitrogens with zero attached hydrogens (tertiary/aromatic N) is 3. The van der Waals surface area contributed by atoms with E-state index >= 15 is 0 Å². The molecule has 6 nitrogen and oxygen atoms in total. The van der Waals surface area contributed by atoms with Crippen LogP contribution in [-0.2, 0) is 0 Å². The molecule has 0 aliphatic carbocycles. The van der Waals surface area contributed by atoms with Gasteiger partial charge in [-0.2, -0.15) is 5.10 Å². The quantitative estimate of drug-likeness (QED) is 0.865. The van der Waals surface area contributed by atoms with Crippen molar-refractivity contribution in [3.63, 3.8) is 0 Å². The van der Waals surface area contributed by atoms with Crippen LogP contribution in [0.4, 0.5) is 0 Å². The Balaban J connectivity index is 1.62. The highest BCUT2D eigenvalue weighted by molar-refractivity contribution is 5.84. The number of benzene rings is 1. The van der Waals surface area contributed by atoms with Crippen molar-refractivity contribution in [3.05, 3.63) is 36.8 Å². The minimum Gasteiger partial charge on any atom is -0.486 e. The molecule has 0 fully saturated rings. The third-order valence-corrected chi connectivity index (χ3v) is 2.83. The van der Waals surface area contributed by atoms with Crippen molar-refractivity contribution < 1.29 is 4.74 Å². The van der Waals surface area contributed by atoms with Gasteiger partial charge in [-0.15, -0.1) is 0 Å². The number of hydrogen-bond acceptors (Lipinski definition) is 5. The summed E-state index contributed by atoms with van der Waals surface area (Å²) >= 11 is 0. The van der Waals surface area contributed by atoms with Gasteiger partial charge < -0.3 is 15.0 Å². The zero-order chi connectivity index (χ0) is 13.1. The standard InChI is InChI=1S/C13H15N5O/c1-18-9-16-13(17-18)7-19-11-4-2-10(3-5-11)12-6-14-8-15-12/h2-6,8H,7,9H2,1H3,(H,14,15)(H,16,17). The molecule has 1 aliphatic rings. The van der Waals surface area contributed by atoms with Crippen molar-refractivity contribution in [1.82, 2.24) is 20.3 Å². The average molecular weight is 257 g/mol. The van der Waals surface area contributed by atoms with Gasteiger partial charge in [0.15, 0.2) is 5.84 Å². The predicted molar refractivity (Wildman–Crippen MR) is 72.7 cm³/mol. The number of ether oxygens (including phenoxy) is 1. The molecule has 0 saturated heterocycles. The van der Waals surface area contributed by atoms with Crippen molar-refractivity contribution in [2.75, 3.05) is 20.3 Å². The van der Waals surface area contributed by atoms with Crippen molar-refractivity contribution in [2.45, 2.75) is 0 Å². The molecule has 1 aliphatic heterocycles. The second-order valence-corrected chi connectivity index (χ2v) is 4.31. The topological polar surface area (TPSA) is 65.5 Å². The Morgan fingerprint density at radius 3 is 2.79 bits per heavy atom. The maximum absolute atomic E-state index is 5.66. The number of aromatic amines is 1. The Hall–Kier alpha value is -2.50. The summed E-state index contributed by atoms with van der Waals surface area (Å²) in [6, 6.07) is 7.84. The molecular weight excluding hydrogens is 242 g/mol. The number of amidine groups is 1. The van der Waals surface area contributed by atoms with Crippen LogP contribution < -0.4 is 10.1 Å². The molecule has 3 rings (SSSR count). The first-order chi connectivity index (χ1) is 9.31. The Kier molecular flexibility index (Phi) is 3.06. The summed E-state index contributed by atoms with van der Waals surface area (Å²) in [5.74, 6) is 1.66. The lowest BCUT2D eigenvalue weighted by Gasteiger charge is -2.06. The monoisotopic (exact) mass is 257 g/mol. The van der Waals surface area contributed by atoms with E-state index in [1.54, 1.807) is 6.33 Å². The summed E-state index contributed by atoms with van der Waals surface area (Å²) in [5.41, 5.74) is 1.99. The summed E-state index contributed by atoms with van der Waals surface area (Å²) in [6.07, 6.45) is 3.53. The van der Waals surface area contributed by atoms with Gasteiger partial charge in [-0.3, -0.25) is 5.01 Å². The largest absolute Gasteiger partial charge is 0.486 e. The summed E-state index contributed by atoms with van der Waals surface area (Å²) < 4.78 is 5.66. The fraction of sp³-hybridized carbons (Fsp3) is 0.231. The van der Waals surface area contributed by atoms with Gasteiger partial charge in [0.1, 0.15) is 19.0 Å². The van der Waals surface area contributed by atoms with E-state index in [4.69, 9.17) is 4.74 Å². The van der Waals surface area contributed by atoms with Crippen molar-refractivity contribution in [2.24, 2.45) is 5.10 Å². The molecule has 98 valence electrons. The maximum atomic E-state index is 5.66. The van der Waals surface area contributed by atoms with Crippen molar-refractivity contribution in [1.29, 1.82) is 0 Å². The molecule has 0 unspecified atom stereocenters. The van der Waals surface area contributed by atoms with E-state index in [-0.39, 0.29) is 0 Å². The van der Waals surface area contributed by atoms with Crippen LogP contribution in [0.15, 0.2) is 41.9 Å². The smallest absolute Gasteiger partial charge is 0.162 e. The molecule has 2 heterocycles. The van der Waals surface area contributed by atoms with Gasteiger partial charge in [0.25, 0.3) is 0 Å². The zero-order valence-electron chi connectivity index (χ0n) is 10.6. The van der Waals surface area contributed by atoms with Crippen molar-refractivity contribution in [3.8, 4) is 17.0 Å². The Morgan fingerprint density at radius 2 is 2.16 bits per heavy atom. The van der Waals surface area contributed by atoms with E-state index in [0.717, 1.165) is 29.5 Å². The van der Waals surface area contributed by atoms with E-state index < -0.39 is 0 Å². The lowest BCUT2D eigenvalue weighted by Crippen LogP contribution is -2.26. The van der Waals surface area contributed by atoms with Crippen LogP contribution in [0.1, 0.15) is 0 Å². The fourth-order valence-corrected chi connectivity index (χ4v) is 1.85. The molecule has 2 N–H and O–H groups in total. The molecule has 2 aromatic rings. The van der Waals surface area contributed by atoms with Crippen LogP contribution in [-0.4, -0.2) is 41.1 Å². The second kappa shape index (κ2) is 5.01. The summed E-state index contributed by atoms with van der Waals surface area (Å²) in [4.78, 5) is 7.14. The fourth-order valence-electron chi connectivity index (χ4n) is 1.85. The highest BCUT2D eigenvalue weighted by atomic mass is 16.5. The molecule has 0 saturated carbocycles. The molecule has 19 heavy (non-hydrogen) atoms. The van der Waals surface area contributed by atoms with E-state index in [1.165, 1.54) is 0 Å². The number of nitrogens with one attached hydrogen (secondary N) is 2. The zero-order valence-corrected chi connectivity index (χ0v) is 10.6. The number of rotatable bonds is 4. The lowest BCUT2D eigenvalue weighted by molar-refractivity contribution is 0.372. The third-order valence-electron chi connectivity index (χ3n) is 2.83. The van der Waals surface area contributed by atoms with Crippen LogP contribution in [0.2, 0.25) is 0 Å². The van der Waals surface area contributed by atoms with Gasteiger partial charge in [0.2, 0.25) is 0 Å². The summed E-state index contributed by atoms with van der Waals surface area (Å²) in [5, 5.41) is 9.24. The van der Waals surface area contributed by atoms with Gasteiger partial charge in [-0.1, -0.05) is 0 Å². The number of aromatic nitrogens is 2. The maximum Gasteiger partial charge on any atom is 0.162 e. The van der Waals surface area contributed by atoms with Gasteiger partial charge in [0, 0.05) is 18.8 Å². The molecule has 6 heteroatoms. The van der Waals surface area contributed by atoms with E-state index in [1.807, 2.05) is 42.5 Å². The van der Waals surface area contributed by atoms with Gasteiger partial charge in [-0.05, 0) is 24.3 Å². The number of hydrazone groups is 1. The second-order valence-electron chi connectivity index (χ2n) is 4.31. The van der Waals surface area contributed by atoms with Crippen LogP contribution in [0.25, 0.3) is 11.3 Å². The molecule has 0 spiro atoms. The minimum absolute atomic E-state index is 0.450. The normalized spacial score (nSPS) is 14.2. The van der Waals surface area contributed by atoms with Crippen LogP contribution in [0, 0.1) is 0 Å². The molecule has 0 radical (unpaired) electrons. The molecule has 0 bridgehead atoms. The number of H-pyrrole nitrogens is 1. The Labute approximate surface area is 111 Å². The SMILES string of the molecule is CN1CNC(COc2ccc(-c3c[nH]cn3)cc2)=N1. The highest BCUT2D eigenvalue weighted by Crippen LogP contribution is 2.20. The van der Waals surface area contributed by atoms with Gasteiger partial charge >= 0.3 is 0 Å². The first-order valence-electron chi connectivity index (χ1n) is 6.06. The predicted octanol–water partition coefficient (Wildman–Crippen LogP) is 1.26. The Bertz CT molecular complexity index is 561. The molecule has 0 atom stereocenters. The highest BCUT2D eigenvalue weighted by Gasteiger charge is 2.09. The Morgan fingerprint density at radius 1 is 1.32 bits per heavy atom. The first-order valence-corrected chi connectivity index (χ1v) is 6.06. The van der Waals surface area contributed by atoms with Gasteiger partial charge in [0.05, 0.1) is 12.0 Å². The average Bonchev–Trinajstić information content (AvgIpc) is 3.08. The summed E-state index contributed by atoms with van der Waals surface area (Å²) in [7, 11) is 1.92. The van der Waals surface area contributed by atoms with Gasteiger partial charge in [-0.25, -0.2) is 4.98 Å². The molecule has 1 aromatic heterocycles. The lowest BCUT2D eigenvalue weighted by atomic mass is 10.2. The van der Waals surface area contributed by atoms with E-state index in [9.17, 15) is 0 Å².